The van der Waals surface area contributed by atoms with Crippen molar-refractivity contribution in [2.45, 2.75) is 25.4 Å². The number of β-amino-alcohol motifs (C(OH)–C–C–N with tert-alkyl or cyclic N) is 1. The second-order valence-electron chi connectivity index (χ2n) is 8.75. The van der Waals surface area contributed by atoms with Crippen molar-refractivity contribution in [3.05, 3.63) is 60.0 Å². The number of amides is 1. The monoisotopic (exact) mass is 449 g/mol. The van der Waals surface area contributed by atoms with Gasteiger partial charge in [-0.2, -0.15) is 0 Å². The molecule has 1 aromatic carbocycles. The average molecular weight is 450 g/mol. The first-order chi connectivity index (χ1) is 15.9. The molecule has 0 radical (unpaired) electrons. The summed E-state index contributed by atoms with van der Waals surface area (Å²) in [6.07, 6.45) is 5.02. The highest BCUT2D eigenvalue weighted by Crippen LogP contribution is 2.32. The number of nitrogens with two attached hydrogens (primary N) is 1. The number of aromatic nitrogens is 2. The summed E-state index contributed by atoms with van der Waals surface area (Å²) < 4.78 is 5.48. The zero-order chi connectivity index (χ0) is 23.4. The fraction of sp³-hybridized carbons (Fsp3) is 0.400. The third kappa shape index (κ3) is 5.23. The normalized spacial score (nSPS) is 18.4. The third-order valence-corrected chi connectivity index (χ3v) is 5.98. The third-order valence-electron chi connectivity index (χ3n) is 5.98. The van der Waals surface area contributed by atoms with Gasteiger partial charge in [0.05, 0.1) is 17.7 Å². The van der Waals surface area contributed by atoms with Crippen LogP contribution in [0, 0.1) is 6.92 Å². The highest BCUT2D eigenvalue weighted by atomic mass is 16.5. The molecule has 0 spiro atoms. The van der Waals surface area contributed by atoms with Crippen molar-refractivity contribution in [2.24, 2.45) is 5.73 Å². The molecule has 1 amide bonds. The van der Waals surface area contributed by atoms with Crippen molar-refractivity contribution < 1.29 is 14.6 Å². The SMILES string of the molecule is Cc1cc(N2CCCC(O)(CN(C)C(=O)c3ccc(OCCN)cc3)C2)c2cnccc2n1. The van der Waals surface area contributed by atoms with E-state index in [4.69, 9.17) is 10.5 Å². The van der Waals surface area contributed by atoms with Crippen LogP contribution in [0.4, 0.5) is 5.69 Å². The second-order valence-corrected chi connectivity index (χ2v) is 8.75. The molecule has 3 aromatic rings. The number of hydrogen-bond acceptors (Lipinski definition) is 7. The van der Waals surface area contributed by atoms with Gasteiger partial charge in [0.2, 0.25) is 0 Å². The van der Waals surface area contributed by atoms with Crippen LogP contribution in [0.25, 0.3) is 10.9 Å². The number of hydrogen-bond donors (Lipinski definition) is 2. The molecule has 1 aliphatic rings. The Balaban J connectivity index is 1.47. The zero-order valence-corrected chi connectivity index (χ0v) is 19.2. The second kappa shape index (κ2) is 9.72. The van der Waals surface area contributed by atoms with Gasteiger partial charge in [-0.25, -0.2) is 0 Å². The summed E-state index contributed by atoms with van der Waals surface area (Å²) in [5.74, 6) is 0.538. The number of pyridine rings is 2. The molecule has 174 valence electrons. The molecule has 8 nitrogen and oxygen atoms in total. The first-order valence-electron chi connectivity index (χ1n) is 11.3. The van der Waals surface area contributed by atoms with E-state index in [0.717, 1.165) is 35.2 Å². The Hall–Kier alpha value is -3.23. The molecule has 33 heavy (non-hydrogen) atoms. The van der Waals surface area contributed by atoms with Crippen LogP contribution in [-0.4, -0.2) is 71.3 Å². The van der Waals surface area contributed by atoms with Gasteiger partial charge in [0, 0.05) is 61.4 Å². The van der Waals surface area contributed by atoms with E-state index < -0.39 is 5.60 Å². The minimum atomic E-state index is -1.02. The summed E-state index contributed by atoms with van der Waals surface area (Å²) in [4.78, 5) is 25.6. The predicted molar refractivity (Wildman–Crippen MR) is 129 cm³/mol. The van der Waals surface area contributed by atoms with E-state index >= 15 is 0 Å². The fourth-order valence-corrected chi connectivity index (χ4v) is 4.49. The van der Waals surface area contributed by atoms with Gasteiger partial charge in [-0.15, -0.1) is 0 Å². The van der Waals surface area contributed by atoms with Crippen molar-refractivity contribution in [1.82, 2.24) is 14.9 Å². The molecule has 3 heterocycles. The number of carbonyl (C=O) groups excluding carboxylic acids is 1. The molecule has 0 bridgehead atoms. The minimum absolute atomic E-state index is 0.139. The highest BCUT2D eigenvalue weighted by molar-refractivity contribution is 5.94. The van der Waals surface area contributed by atoms with Crippen LogP contribution in [0.2, 0.25) is 0 Å². The number of anilines is 1. The maximum atomic E-state index is 13.0. The molecule has 1 aliphatic heterocycles. The maximum Gasteiger partial charge on any atom is 0.253 e. The van der Waals surface area contributed by atoms with Crippen molar-refractivity contribution in [1.29, 1.82) is 0 Å². The van der Waals surface area contributed by atoms with Gasteiger partial charge in [-0.05, 0) is 56.2 Å². The lowest BCUT2D eigenvalue weighted by molar-refractivity contribution is 0.0000637. The van der Waals surface area contributed by atoms with Crippen LogP contribution < -0.4 is 15.4 Å². The summed E-state index contributed by atoms with van der Waals surface area (Å²) in [5, 5.41) is 12.4. The smallest absolute Gasteiger partial charge is 0.253 e. The molecule has 0 saturated carbocycles. The lowest BCUT2D eigenvalue weighted by atomic mass is 9.91. The summed E-state index contributed by atoms with van der Waals surface area (Å²) in [7, 11) is 1.73. The van der Waals surface area contributed by atoms with Gasteiger partial charge in [0.15, 0.2) is 0 Å². The standard InChI is InChI=1S/C25H31N5O3/c1-18-14-23(21-15-27-11-8-22(21)28-18)30-12-3-9-25(32,17-30)16-29(2)24(31)19-4-6-20(7-5-19)33-13-10-26/h4-8,11,14-15,32H,3,9-10,12-13,16-17,26H2,1-2H3. The van der Waals surface area contributed by atoms with Crippen molar-refractivity contribution in [3.8, 4) is 5.75 Å². The van der Waals surface area contributed by atoms with E-state index in [0.29, 0.717) is 37.4 Å². The summed E-state index contributed by atoms with van der Waals surface area (Å²) in [6, 6.07) is 10.9. The van der Waals surface area contributed by atoms with Crippen LogP contribution in [0.5, 0.6) is 5.75 Å². The van der Waals surface area contributed by atoms with E-state index in [1.165, 1.54) is 0 Å². The van der Waals surface area contributed by atoms with Gasteiger partial charge in [0.1, 0.15) is 12.4 Å². The molecule has 0 aliphatic carbocycles. The van der Waals surface area contributed by atoms with Crippen LogP contribution in [-0.2, 0) is 0 Å². The molecular weight excluding hydrogens is 418 g/mol. The molecule has 3 N–H and O–H groups in total. The van der Waals surface area contributed by atoms with Crippen molar-refractivity contribution in [2.75, 3.05) is 44.7 Å². The van der Waals surface area contributed by atoms with Crippen LogP contribution >= 0.6 is 0 Å². The van der Waals surface area contributed by atoms with E-state index in [2.05, 4.69) is 14.9 Å². The highest BCUT2D eigenvalue weighted by Gasteiger charge is 2.36. The Bertz CT molecular complexity index is 1120. The van der Waals surface area contributed by atoms with E-state index in [-0.39, 0.29) is 12.5 Å². The Kier molecular flexibility index (Phi) is 6.76. The molecule has 1 unspecified atom stereocenters. The van der Waals surface area contributed by atoms with Gasteiger partial charge >= 0.3 is 0 Å². The number of nitrogens with zero attached hydrogens (tertiary/aromatic N) is 4. The van der Waals surface area contributed by atoms with Crippen LogP contribution in [0.15, 0.2) is 48.8 Å². The molecule has 2 aromatic heterocycles. The van der Waals surface area contributed by atoms with E-state index in [9.17, 15) is 9.90 Å². The molecule has 1 atom stereocenters. The number of piperidine rings is 1. The van der Waals surface area contributed by atoms with Crippen molar-refractivity contribution in [3.63, 3.8) is 0 Å². The number of carbonyl (C=O) groups is 1. The summed E-state index contributed by atoms with van der Waals surface area (Å²) >= 11 is 0. The maximum absolute atomic E-state index is 13.0. The van der Waals surface area contributed by atoms with Gasteiger partial charge in [-0.3, -0.25) is 14.8 Å². The number of ether oxygens (including phenoxy) is 1. The Morgan fingerprint density at radius 3 is 2.85 bits per heavy atom. The van der Waals surface area contributed by atoms with Crippen molar-refractivity contribution >= 4 is 22.5 Å². The van der Waals surface area contributed by atoms with Crippen LogP contribution in [0.3, 0.4) is 0 Å². The predicted octanol–water partition coefficient (Wildman–Crippen LogP) is 2.38. The topological polar surface area (TPSA) is 105 Å². The Morgan fingerprint density at radius 2 is 2.09 bits per heavy atom. The van der Waals surface area contributed by atoms with Gasteiger partial charge in [-0.1, -0.05) is 0 Å². The van der Waals surface area contributed by atoms with Gasteiger partial charge in [0.25, 0.3) is 5.91 Å². The lowest BCUT2D eigenvalue weighted by Gasteiger charge is -2.42. The Morgan fingerprint density at radius 1 is 1.30 bits per heavy atom. The van der Waals surface area contributed by atoms with E-state index in [1.807, 2.05) is 25.3 Å². The number of aliphatic hydroxyl groups is 1. The number of rotatable bonds is 7. The largest absolute Gasteiger partial charge is 0.492 e. The van der Waals surface area contributed by atoms with Gasteiger partial charge < -0.3 is 25.4 Å². The number of likely N-dealkylation sites (N-methyl/N-ethyl adjacent to an activating group) is 1. The molecule has 1 saturated heterocycles. The minimum Gasteiger partial charge on any atom is -0.492 e. The molecule has 1 fully saturated rings. The number of aryl methyl sites for hydroxylation is 1. The first kappa shape index (κ1) is 22.9. The molecule has 4 rings (SSSR count). The lowest BCUT2D eigenvalue weighted by Crippen LogP contribution is -2.54. The van der Waals surface area contributed by atoms with E-state index in [1.54, 1.807) is 42.4 Å². The van der Waals surface area contributed by atoms with Crippen LogP contribution in [0.1, 0.15) is 28.9 Å². The number of benzene rings is 1. The summed E-state index contributed by atoms with van der Waals surface area (Å²) in [6.45, 7) is 4.34. The summed E-state index contributed by atoms with van der Waals surface area (Å²) in [5.41, 5.74) is 7.82. The average Bonchev–Trinajstić information content (AvgIpc) is 2.81. The Labute approximate surface area is 194 Å². The number of fused-ring (bicyclic) bond motifs is 1. The first-order valence-corrected chi connectivity index (χ1v) is 11.3. The molecule has 8 heteroatoms. The fourth-order valence-electron chi connectivity index (χ4n) is 4.49. The molecular formula is C25H31N5O3. The zero-order valence-electron chi connectivity index (χ0n) is 19.2. The quantitative estimate of drug-likeness (QED) is 0.571.